The lowest BCUT2D eigenvalue weighted by Crippen LogP contribution is -2.53. The number of amides is 1. The largest absolute Gasteiger partial charge is 0.444 e. The smallest absolute Gasteiger partial charge is 0.407 e. The molecule has 2 heterocycles. The Morgan fingerprint density at radius 3 is 2.59 bits per heavy atom. The Hall–Kier alpha value is -0.810. The van der Waals surface area contributed by atoms with Crippen LogP contribution in [0.1, 0.15) is 47.5 Å². The Kier molecular flexibility index (Phi) is 5.72. The first-order valence-corrected chi connectivity index (χ1v) is 8.70. The van der Waals surface area contributed by atoms with Gasteiger partial charge >= 0.3 is 6.09 Å². The number of nitrogens with one attached hydrogen (secondary N) is 2. The average molecular weight is 311 g/mol. The van der Waals surface area contributed by atoms with Gasteiger partial charge in [0.15, 0.2) is 0 Å². The van der Waals surface area contributed by atoms with Crippen molar-refractivity contribution < 1.29 is 9.53 Å². The average Bonchev–Trinajstić information content (AvgIpc) is 2.77. The van der Waals surface area contributed by atoms with Crippen LogP contribution in [0.5, 0.6) is 0 Å². The Morgan fingerprint density at radius 1 is 1.27 bits per heavy atom. The highest BCUT2D eigenvalue weighted by molar-refractivity contribution is 5.67. The van der Waals surface area contributed by atoms with Crippen molar-refractivity contribution in [3.05, 3.63) is 0 Å². The number of fused-ring (bicyclic) bond motifs is 2. The molecule has 2 aliphatic heterocycles. The molecule has 2 rings (SSSR count). The van der Waals surface area contributed by atoms with E-state index < -0.39 is 5.60 Å². The van der Waals surface area contributed by atoms with Gasteiger partial charge < -0.3 is 20.3 Å². The normalized spacial score (nSPS) is 29.5. The van der Waals surface area contributed by atoms with Gasteiger partial charge in [-0.3, -0.25) is 0 Å². The number of carbonyl (C=O) groups is 1. The highest BCUT2D eigenvalue weighted by Crippen LogP contribution is 2.27. The van der Waals surface area contributed by atoms with Gasteiger partial charge in [0.1, 0.15) is 5.60 Å². The summed E-state index contributed by atoms with van der Waals surface area (Å²) in [7, 11) is 0. The van der Waals surface area contributed by atoms with E-state index in [0.29, 0.717) is 24.5 Å². The van der Waals surface area contributed by atoms with Crippen molar-refractivity contribution in [2.45, 2.75) is 65.1 Å². The summed E-state index contributed by atoms with van der Waals surface area (Å²) in [6.07, 6.45) is 2.21. The standard InChI is InChI=1S/C17H33N3O2/c1-12(2)15(10-18-16(21)22-17(3,4)5)19-14-7-9-20-8-6-13(14)11-20/h12-15,19H,6-11H2,1-5H3,(H,18,21). The summed E-state index contributed by atoms with van der Waals surface area (Å²) in [5, 5.41) is 6.72. The Balaban J connectivity index is 1.81. The molecule has 2 saturated heterocycles. The molecule has 1 amide bonds. The first-order chi connectivity index (χ1) is 10.2. The van der Waals surface area contributed by atoms with Gasteiger partial charge in [0, 0.05) is 25.2 Å². The number of hydrogen-bond donors (Lipinski definition) is 2. The zero-order chi connectivity index (χ0) is 16.3. The van der Waals surface area contributed by atoms with Gasteiger partial charge in [0.25, 0.3) is 0 Å². The van der Waals surface area contributed by atoms with Crippen molar-refractivity contribution >= 4 is 6.09 Å². The summed E-state index contributed by atoms with van der Waals surface area (Å²) in [5.41, 5.74) is -0.443. The zero-order valence-corrected chi connectivity index (χ0v) is 14.8. The molecule has 5 heteroatoms. The van der Waals surface area contributed by atoms with Crippen LogP contribution in [-0.2, 0) is 4.74 Å². The molecule has 0 spiro atoms. The summed E-state index contributed by atoms with van der Waals surface area (Å²) < 4.78 is 5.32. The van der Waals surface area contributed by atoms with E-state index in [0.717, 1.165) is 5.92 Å². The number of piperidine rings is 1. The summed E-state index contributed by atoms with van der Waals surface area (Å²) in [6.45, 7) is 14.4. The first-order valence-electron chi connectivity index (χ1n) is 8.70. The summed E-state index contributed by atoms with van der Waals surface area (Å²) in [4.78, 5) is 14.4. The van der Waals surface area contributed by atoms with Crippen LogP contribution < -0.4 is 10.6 Å². The molecule has 128 valence electrons. The topological polar surface area (TPSA) is 53.6 Å². The van der Waals surface area contributed by atoms with Gasteiger partial charge in [-0.25, -0.2) is 4.79 Å². The van der Waals surface area contributed by atoms with Crippen LogP contribution >= 0.6 is 0 Å². The molecule has 0 radical (unpaired) electrons. The van der Waals surface area contributed by atoms with E-state index in [4.69, 9.17) is 4.74 Å². The SMILES string of the molecule is CC(C)C(CNC(=O)OC(C)(C)C)NC1CCN2CCC1C2. The minimum atomic E-state index is -0.443. The minimum absolute atomic E-state index is 0.296. The lowest BCUT2D eigenvalue weighted by Gasteiger charge is -2.35. The van der Waals surface area contributed by atoms with Crippen molar-refractivity contribution in [1.82, 2.24) is 15.5 Å². The number of alkyl carbamates (subject to hydrolysis) is 1. The van der Waals surface area contributed by atoms with Gasteiger partial charge in [-0.2, -0.15) is 0 Å². The Morgan fingerprint density at radius 2 is 1.95 bits per heavy atom. The van der Waals surface area contributed by atoms with Crippen molar-refractivity contribution in [1.29, 1.82) is 0 Å². The fourth-order valence-electron chi connectivity index (χ4n) is 3.44. The molecule has 0 aromatic heterocycles. The van der Waals surface area contributed by atoms with Crippen LogP contribution in [0.25, 0.3) is 0 Å². The van der Waals surface area contributed by atoms with Crippen LogP contribution in [0, 0.1) is 11.8 Å². The molecule has 2 N–H and O–H groups in total. The summed E-state index contributed by atoms with van der Waals surface area (Å²) >= 11 is 0. The molecule has 4 unspecified atom stereocenters. The van der Waals surface area contributed by atoms with Gasteiger partial charge in [-0.15, -0.1) is 0 Å². The Labute approximate surface area is 135 Å². The molecule has 0 aliphatic carbocycles. The molecule has 0 aromatic rings. The number of nitrogens with zero attached hydrogens (tertiary/aromatic N) is 1. The first kappa shape index (κ1) is 17.5. The molecule has 22 heavy (non-hydrogen) atoms. The predicted molar refractivity (Wildman–Crippen MR) is 89.0 cm³/mol. The highest BCUT2D eigenvalue weighted by Gasteiger charge is 2.35. The number of hydrogen-bond acceptors (Lipinski definition) is 4. The summed E-state index contributed by atoms with van der Waals surface area (Å²) in [5.74, 6) is 1.26. The van der Waals surface area contributed by atoms with Gasteiger partial charge in [0.05, 0.1) is 0 Å². The Bertz CT molecular complexity index is 379. The third-order valence-corrected chi connectivity index (χ3v) is 4.73. The third kappa shape index (κ3) is 5.13. The maximum atomic E-state index is 11.8. The number of carbonyl (C=O) groups excluding carboxylic acids is 1. The lowest BCUT2D eigenvalue weighted by molar-refractivity contribution is 0.0516. The van der Waals surface area contributed by atoms with Crippen molar-refractivity contribution in [2.24, 2.45) is 11.8 Å². The van der Waals surface area contributed by atoms with Crippen molar-refractivity contribution in [2.75, 3.05) is 26.2 Å². The molecule has 0 aromatic carbocycles. The molecule has 5 nitrogen and oxygen atoms in total. The van der Waals surface area contributed by atoms with E-state index in [1.807, 2.05) is 20.8 Å². The van der Waals surface area contributed by atoms with Crippen LogP contribution in [0.2, 0.25) is 0 Å². The summed E-state index contributed by atoms with van der Waals surface area (Å²) in [6, 6.07) is 0.885. The number of rotatable bonds is 5. The fraction of sp³-hybridized carbons (Fsp3) is 0.941. The maximum Gasteiger partial charge on any atom is 0.407 e. The van der Waals surface area contributed by atoms with Crippen LogP contribution in [0.4, 0.5) is 4.79 Å². The molecular formula is C17H33N3O2. The van der Waals surface area contributed by atoms with E-state index in [-0.39, 0.29) is 6.09 Å². The second-order valence-electron chi connectivity index (χ2n) is 8.14. The van der Waals surface area contributed by atoms with E-state index in [2.05, 4.69) is 29.4 Å². The van der Waals surface area contributed by atoms with E-state index >= 15 is 0 Å². The van der Waals surface area contributed by atoms with Crippen LogP contribution in [-0.4, -0.2) is 54.9 Å². The molecule has 2 bridgehead atoms. The molecule has 2 aliphatic rings. The second-order valence-corrected chi connectivity index (χ2v) is 8.14. The maximum absolute atomic E-state index is 11.8. The number of ether oxygens (including phenoxy) is 1. The predicted octanol–water partition coefficient (Wildman–Crippen LogP) is 2.22. The quantitative estimate of drug-likeness (QED) is 0.817. The van der Waals surface area contributed by atoms with E-state index in [1.54, 1.807) is 0 Å². The van der Waals surface area contributed by atoms with Crippen molar-refractivity contribution in [3.8, 4) is 0 Å². The van der Waals surface area contributed by atoms with Crippen molar-refractivity contribution in [3.63, 3.8) is 0 Å². The van der Waals surface area contributed by atoms with Gasteiger partial charge in [-0.1, -0.05) is 13.8 Å². The minimum Gasteiger partial charge on any atom is -0.444 e. The van der Waals surface area contributed by atoms with E-state index in [1.165, 1.54) is 32.5 Å². The van der Waals surface area contributed by atoms with Crippen LogP contribution in [0.3, 0.4) is 0 Å². The fourth-order valence-corrected chi connectivity index (χ4v) is 3.44. The molecule has 0 saturated carbocycles. The third-order valence-electron chi connectivity index (χ3n) is 4.73. The lowest BCUT2D eigenvalue weighted by atomic mass is 9.92. The molecule has 4 atom stereocenters. The van der Waals surface area contributed by atoms with E-state index in [9.17, 15) is 4.79 Å². The second kappa shape index (κ2) is 7.18. The van der Waals surface area contributed by atoms with Gasteiger partial charge in [-0.05, 0) is 58.5 Å². The zero-order valence-electron chi connectivity index (χ0n) is 14.8. The van der Waals surface area contributed by atoms with Crippen LogP contribution in [0.15, 0.2) is 0 Å². The highest BCUT2D eigenvalue weighted by atomic mass is 16.6. The molecule has 2 fully saturated rings. The monoisotopic (exact) mass is 311 g/mol. The van der Waals surface area contributed by atoms with Gasteiger partial charge in [0.2, 0.25) is 0 Å². The molecular weight excluding hydrogens is 278 g/mol.